The molecular weight excluding hydrogens is 422 g/mol. The molecule has 0 spiro atoms. The molecule has 2 aliphatic heterocycles. The van der Waals surface area contributed by atoms with E-state index < -0.39 is 0 Å². The molecule has 0 saturated carbocycles. The van der Waals surface area contributed by atoms with Crippen molar-refractivity contribution in [3.8, 4) is 0 Å². The van der Waals surface area contributed by atoms with E-state index >= 15 is 0 Å². The first-order valence-corrected chi connectivity index (χ1v) is 12.0. The highest BCUT2D eigenvalue weighted by molar-refractivity contribution is 6.33. The van der Waals surface area contributed by atoms with Crippen molar-refractivity contribution in [3.63, 3.8) is 0 Å². The van der Waals surface area contributed by atoms with E-state index in [9.17, 15) is 9.59 Å². The number of halogens is 1. The molecule has 0 N–H and O–H groups in total. The number of piperidine rings is 1. The number of likely N-dealkylation sites (tertiary alicyclic amines) is 1. The summed E-state index contributed by atoms with van der Waals surface area (Å²) < 4.78 is 0. The number of carbonyl (C=O) groups is 2. The standard InChI is InChI=1S/C26H32ClN3O2/c1-20(25(31)29-13-11-22(12-14-29)19-21-7-3-2-4-8-21)28-15-17-30(18-16-28)26(32)23-9-5-6-10-24(23)27/h2-10,20,22H,11-19H2,1H3. The Morgan fingerprint density at radius 1 is 0.875 bits per heavy atom. The Hall–Kier alpha value is -2.37. The van der Waals surface area contributed by atoms with Crippen LogP contribution in [0.5, 0.6) is 0 Å². The van der Waals surface area contributed by atoms with Gasteiger partial charge in [0.1, 0.15) is 0 Å². The molecule has 170 valence electrons. The van der Waals surface area contributed by atoms with Crippen LogP contribution in [-0.4, -0.2) is 71.8 Å². The predicted molar refractivity (Wildman–Crippen MR) is 128 cm³/mol. The highest BCUT2D eigenvalue weighted by Crippen LogP contribution is 2.23. The summed E-state index contributed by atoms with van der Waals surface area (Å²) in [6.45, 7) is 6.31. The van der Waals surface area contributed by atoms with Crippen LogP contribution in [0.4, 0.5) is 0 Å². The fraction of sp³-hybridized carbons (Fsp3) is 0.462. The lowest BCUT2D eigenvalue weighted by molar-refractivity contribution is -0.138. The minimum atomic E-state index is -0.154. The average Bonchev–Trinajstić information content (AvgIpc) is 2.84. The summed E-state index contributed by atoms with van der Waals surface area (Å²) in [7, 11) is 0. The zero-order chi connectivity index (χ0) is 22.5. The number of hydrogen-bond donors (Lipinski definition) is 0. The molecule has 2 aromatic rings. The monoisotopic (exact) mass is 453 g/mol. The van der Waals surface area contributed by atoms with Crippen molar-refractivity contribution in [1.29, 1.82) is 0 Å². The van der Waals surface area contributed by atoms with Gasteiger partial charge in [0.05, 0.1) is 16.6 Å². The largest absolute Gasteiger partial charge is 0.341 e. The van der Waals surface area contributed by atoms with Crippen molar-refractivity contribution in [3.05, 3.63) is 70.7 Å². The third-order valence-corrected chi connectivity index (χ3v) is 7.23. The van der Waals surface area contributed by atoms with E-state index in [-0.39, 0.29) is 17.9 Å². The van der Waals surface area contributed by atoms with Crippen LogP contribution in [0.25, 0.3) is 0 Å². The second kappa shape index (κ2) is 10.5. The van der Waals surface area contributed by atoms with E-state index in [2.05, 4.69) is 35.2 Å². The maximum Gasteiger partial charge on any atom is 0.255 e. The highest BCUT2D eigenvalue weighted by Gasteiger charge is 2.32. The Kier molecular flexibility index (Phi) is 7.48. The number of benzene rings is 2. The van der Waals surface area contributed by atoms with Crippen LogP contribution in [0.15, 0.2) is 54.6 Å². The number of piperazine rings is 1. The molecule has 1 atom stereocenters. The summed E-state index contributed by atoms with van der Waals surface area (Å²) in [5, 5.41) is 0.485. The minimum absolute atomic E-state index is 0.0327. The molecule has 32 heavy (non-hydrogen) atoms. The minimum Gasteiger partial charge on any atom is -0.341 e. The Morgan fingerprint density at radius 2 is 1.50 bits per heavy atom. The summed E-state index contributed by atoms with van der Waals surface area (Å²) in [4.78, 5) is 32.0. The average molecular weight is 454 g/mol. The van der Waals surface area contributed by atoms with E-state index in [4.69, 9.17) is 11.6 Å². The first-order chi connectivity index (χ1) is 15.5. The first kappa shape index (κ1) is 22.8. The lowest BCUT2D eigenvalue weighted by Gasteiger charge is -2.40. The van der Waals surface area contributed by atoms with Gasteiger partial charge in [0.15, 0.2) is 0 Å². The van der Waals surface area contributed by atoms with Crippen LogP contribution in [0.3, 0.4) is 0 Å². The van der Waals surface area contributed by atoms with Gasteiger partial charge in [-0.3, -0.25) is 14.5 Å². The van der Waals surface area contributed by atoms with Crippen molar-refractivity contribution < 1.29 is 9.59 Å². The van der Waals surface area contributed by atoms with Gasteiger partial charge in [0, 0.05) is 39.3 Å². The molecule has 1 unspecified atom stereocenters. The fourth-order valence-corrected chi connectivity index (χ4v) is 5.06. The third-order valence-electron chi connectivity index (χ3n) is 6.90. The van der Waals surface area contributed by atoms with Crippen LogP contribution >= 0.6 is 11.6 Å². The number of nitrogens with zero attached hydrogens (tertiary/aromatic N) is 3. The van der Waals surface area contributed by atoms with Crippen molar-refractivity contribution in [2.45, 2.75) is 32.2 Å². The van der Waals surface area contributed by atoms with E-state index in [0.717, 1.165) is 32.4 Å². The molecule has 2 heterocycles. The Balaban J connectivity index is 1.24. The van der Waals surface area contributed by atoms with Crippen molar-refractivity contribution in [2.75, 3.05) is 39.3 Å². The Morgan fingerprint density at radius 3 is 2.16 bits per heavy atom. The summed E-state index contributed by atoms with van der Waals surface area (Å²) in [6, 6.07) is 17.6. The SMILES string of the molecule is CC(C(=O)N1CCC(Cc2ccccc2)CC1)N1CCN(C(=O)c2ccccc2Cl)CC1. The van der Waals surface area contributed by atoms with Gasteiger partial charge in [-0.1, -0.05) is 54.1 Å². The van der Waals surface area contributed by atoms with Crippen LogP contribution in [0, 0.1) is 5.92 Å². The van der Waals surface area contributed by atoms with Crippen LogP contribution in [0.1, 0.15) is 35.7 Å². The molecule has 0 radical (unpaired) electrons. The van der Waals surface area contributed by atoms with Crippen LogP contribution < -0.4 is 0 Å². The first-order valence-electron chi connectivity index (χ1n) is 11.6. The van der Waals surface area contributed by atoms with E-state index in [1.807, 2.05) is 28.9 Å². The number of amides is 2. The van der Waals surface area contributed by atoms with E-state index in [1.54, 1.807) is 12.1 Å². The van der Waals surface area contributed by atoms with Gasteiger partial charge >= 0.3 is 0 Å². The molecule has 2 amide bonds. The van der Waals surface area contributed by atoms with Crippen LogP contribution in [0.2, 0.25) is 5.02 Å². The van der Waals surface area contributed by atoms with Gasteiger partial charge in [-0.05, 0) is 49.8 Å². The molecule has 4 rings (SSSR count). The second-order valence-electron chi connectivity index (χ2n) is 8.94. The number of carbonyl (C=O) groups excluding carboxylic acids is 2. The lowest BCUT2D eigenvalue weighted by Crippen LogP contribution is -2.56. The van der Waals surface area contributed by atoms with Gasteiger partial charge in [-0.25, -0.2) is 0 Å². The van der Waals surface area contributed by atoms with E-state index in [1.165, 1.54) is 5.56 Å². The zero-order valence-electron chi connectivity index (χ0n) is 18.8. The smallest absolute Gasteiger partial charge is 0.255 e. The quantitative estimate of drug-likeness (QED) is 0.688. The molecule has 2 saturated heterocycles. The van der Waals surface area contributed by atoms with Crippen LogP contribution in [-0.2, 0) is 11.2 Å². The maximum atomic E-state index is 13.1. The topological polar surface area (TPSA) is 43.9 Å². The molecule has 0 aliphatic carbocycles. The van der Waals surface area contributed by atoms with Crippen molar-refractivity contribution in [2.24, 2.45) is 5.92 Å². The number of rotatable bonds is 5. The lowest BCUT2D eigenvalue weighted by atomic mass is 9.90. The van der Waals surface area contributed by atoms with E-state index in [0.29, 0.717) is 42.7 Å². The fourth-order valence-electron chi connectivity index (χ4n) is 4.84. The normalized spacial score (nSPS) is 19.1. The van der Waals surface area contributed by atoms with Gasteiger partial charge < -0.3 is 9.80 Å². The summed E-state index contributed by atoms with van der Waals surface area (Å²) in [5.74, 6) is 0.833. The third kappa shape index (κ3) is 5.33. The molecule has 6 heteroatoms. The van der Waals surface area contributed by atoms with Gasteiger partial charge in [0.25, 0.3) is 5.91 Å². The van der Waals surface area contributed by atoms with Crippen molar-refractivity contribution in [1.82, 2.24) is 14.7 Å². The molecule has 0 bridgehead atoms. The molecule has 5 nitrogen and oxygen atoms in total. The number of hydrogen-bond acceptors (Lipinski definition) is 3. The highest BCUT2D eigenvalue weighted by atomic mass is 35.5. The summed E-state index contributed by atoms with van der Waals surface area (Å²) >= 11 is 6.19. The van der Waals surface area contributed by atoms with Crippen molar-refractivity contribution >= 4 is 23.4 Å². The van der Waals surface area contributed by atoms with Gasteiger partial charge in [0.2, 0.25) is 5.91 Å². The Bertz CT molecular complexity index is 920. The second-order valence-corrected chi connectivity index (χ2v) is 9.35. The zero-order valence-corrected chi connectivity index (χ0v) is 19.5. The Labute approximate surface area is 195 Å². The summed E-state index contributed by atoms with van der Waals surface area (Å²) in [5.41, 5.74) is 1.93. The summed E-state index contributed by atoms with van der Waals surface area (Å²) in [6.07, 6.45) is 3.22. The predicted octanol–water partition coefficient (Wildman–Crippen LogP) is 3.97. The van der Waals surface area contributed by atoms with Gasteiger partial charge in [-0.2, -0.15) is 0 Å². The molecule has 2 aromatic carbocycles. The molecular formula is C26H32ClN3O2. The maximum absolute atomic E-state index is 13.1. The molecule has 2 fully saturated rings. The molecule has 2 aliphatic rings. The molecule has 0 aromatic heterocycles. The van der Waals surface area contributed by atoms with Gasteiger partial charge in [-0.15, -0.1) is 0 Å².